The maximum Gasteiger partial charge on any atom is 0.339 e. The Bertz CT molecular complexity index is 2540. The second-order valence-electron chi connectivity index (χ2n) is 14.4. The molecular weight excluding hydrogens is 795 g/mol. The largest absolute Gasteiger partial charge is 0.488 e. The average Bonchev–Trinajstić information content (AvgIpc) is 3.98. The normalized spacial score (nSPS) is 13.4. The summed E-state index contributed by atoms with van der Waals surface area (Å²) >= 11 is 12.7. The molecule has 0 fully saturated rings. The van der Waals surface area contributed by atoms with Gasteiger partial charge in [-0.05, 0) is 139 Å². The van der Waals surface area contributed by atoms with Crippen LogP contribution in [0.4, 0.5) is 0 Å². The van der Waals surface area contributed by atoms with E-state index < -0.39 is 5.97 Å². The summed E-state index contributed by atoms with van der Waals surface area (Å²) in [6, 6.07) is 35.0. The maximum atomic E-state index is 12.2. The minimum absolute atomic E-state index is 0.188. The van der Waals surface area contributed by atoms with Crippen molar-refractivity contribution in [2.45, 2.75) is 58.7 Å². The Kier molecular flexibility index (Phi) is 14.1. The molecule has 0 bridgehead atoms. The Hall–Kier alpha value is -6.22. The minimum atomic E-state index is -0.978. The van der Waals surface area contributed by atoms with Gasteiger partial charge in [0.1, 0.15) is 24.7 Å². The fourth-order valence-corrected chi connectivity index (χ4v) is 7.91. The molecule has 10 heteroatoms. The van der Waals surface area contributed by atoms with E-state index in [2.05, 4.69) is 9.97 Å². The molecule has 1 N–H and O–H groups in total. The van der Waals surface area contributed by atoms with Gasteiger partial charge in [-0.1, -0.05) is 83.9 Å². The Morgan fingerprint density at radius 2 is 1.03 bits per heavy atom. The Labute approximate surface area is 360 Å². The molecule has 0 unspecified atom stereocenters. The lowest BCUT2D eigenvalue weighted by Crippen LogP contribution is -2.05. The number of carboxylic acid groups (broad SMARTS) is 1. The van der Waals surface area contributed by atoms with E-state index in [1.807, 2.05) is 103 Å². The van der Waals surface area contributed by atoms with Crippen LogP contribution < -0.4 is 9.47 Å². The first-order chi connectivity index (χ1) is 29.3. The zero-order chi connectivity index (χ0) is 41.8. The van der Waals surface area contributed by atoms with Crippen LogP contribution in [0.1, 0.15) is 99.5 Å². The van der Waals surface area contributed by atoms with Crippen LogP contribution in [0.2, 0.25) is 10.0 Å². The third-order valence-corrected chi connectivity index (χ3v) is 10.8. The third kappa shape index (κ3) is 10.5. The van der Waals surface area contributed by atoms with Crippen molar-refractivity contribution < 1.29 is 28.9 Å². The van der Waals surface area contributed by atoms with Crippen LogP contribution in [-0.4, -0.2) is 33.6 Å². The van der Waals surface area contributed by atoms with Crippen molar-refractivity contribution in [2.75, 3.05) is 6.61 Å². The molecule has 0 saturated carbocycles. The van der Waals surface area contributed by atoms with Crippen molar-refractivity contribution in [1.29, 1.82) is 0 Å². The van der Waals surface area contributed by atoms with Gasteiger partial charge in [0, 0.05) is 46.0 Å². The number of carboxylic acids is 1. The molecule has 2 aromatic heterocycles. The fourth-order valence-electron chi connectivity index (χ4n) is 7.57. The van der Waals surface area contributed by atoms with Gasteiger partial charge in [0.2, 0.25) is 0 Å². The van der Waals surface area contributed by atoms with E-state index in [0.29, 0.717) is 35.4 Å². The number of halogens is 2. The van der Waals surface area contributed by atoms with Crippen molar-refractivity contribution in [3.05, 3.63) is 189 Å². The van der Waals surface area contributed by atoms with Crippen molar-refractivity contribution in [2.24, 2.45) is 0 Å². The summed E-state index contributed by atoms with van der Waals surface area (Å²) in [6.45, 7) is 3.08. The Balaban J connectivity index is 0.000000182. The number of esters is 1. The molecule has 0 amide bonds. The lowest BCUT2D eigenvalue weighted by atomic mass is 9.96. The molecule has 60 heavy (non-hydrogen) atoms. The molecule has 0 spiro atoms. The number of rotatable bonds is 13. The molecule has 2 heterocycles. The quantitative estimate of drug-likeness (QED) is 0.115. The van der Waals surface area contributed by atoms with Gasteiger partial charge in [-0.15, -0.1) is 0 Å². The van der Waals surface area contributed by atoms with Crippen LogP contribution in [0.5, 0.6) is 11.5 Å². The zero-order valence-electron chi connectivity index (χ0n) is 33.2. The highest BCUT2D eigenvalue weighted by molar-refractivity contribution is 6.31. The van der Waals surface area contributed by atoms with E-state index in [4.69, 9.17) is 37.4 Å². The highest BCUT2D eigenvalue weighted by atomic mass is 35.5. The molecule has 304 valence electrons. The smallest absolute Gasteiger partial charge is 0.339 e. The molecule has 0 saturated heterocycles. The van der Waals surface area contributed by atoms with E-state index in [0.717, 1.165) is 94.6 Å². The molecule has 0 aliphatic heterocycles. The Morgan fingerprint density at radius 3 is 1.50 bits per heavy atom. The zero-order valence-corrected chi connectivity index (χ0v) is 34.7. The molecule has 8 rings (SSSR count). The topological polar surface area (TPSA) is 108 Å². The van der Waals surface area contributed by atoms with Crippen LogP contribution in [0.25, 0.3) is 22.3 Å². The predicted molar refractivity (Wildman–Crippen MR) is 237 cm³/mol. The number of nitrogens with zero attached hydrogens (tertiary/aromatic N) is 2. The van der Waals surface area contributed by atoms with Crippen LogP contribution in [0, 0.1) is 0 Å². The number of carbonyl (C=O) groups is 2. The predicted octanol–water partition coefficient (Wildman–Crippen LogP) is 12.7. The molecule has 8 nitrogen and oxygen atoms in total. The lowest BCUT2D eigenvalue weighted by Gasteiger charge is -2.15. The molecular formula is C50H44Cl2N2O6. The van der Waals surface area contributed by atoms with Gasteiger partial charge in [0.15, 0.2) is 0 Å². The van der Waals surface area contributed by atoms with E-state index in [-0.39, 0.29) is 11.5 Å². The highest BCUT2D eigenvalue weighted by Gasteiger charge is 2.24. The van der Waals surface area contributed by atoms with E-state index in [1.54, 1.807) is 31.6 Å². The van der Waals surface area contributed by atoms with Crippen LogP contribution >= 0.6 is 23.2 Å². The molecule has 6 aromatic rings. The standard InChI is InChI=1S/C26H24ClNO3.C24H20ClNO3/c1-2-30-26(29)20-13-19(15-28-16-20)22-9-6-10-23(22)24-14-21(27)11-12-25(24)31-17-18-7-4-3-5-8-18;25-19-9-10-23(29-15-16-5-2-1-3-6-16)22(12-19)21-8-4-7-20(21)17-11-18(24(27)28)14-26-13-17/h3-5,7-8,11-16H,2,6,9-10,17H2,1H3;1-3,5-6,9-14H,4,7-8,15H2,(H,27,28). The summed E-state index contributed by atoms with van der Waals surface area (Å²) in [7, 11) is 0. The maximum absolute atomic E-state index is 12.2. The first-order valence-electron chi connectivity index (χ1n) is 20.0. The molecule has 2 aliphatic rings. The van der Waals surface area contributed by atoms with Gasteiger partial charge in [-0.25, -0.2) is 9.59 Å². The van der Waals surface area contributed by atoms with Gasteiger partial charge in [-0.3, -0.25) is 9.97 Å². The molecule has 0 atom stereocenters. The number of aromatic carboxylic acids is 1. The first-order valence-corrected chi connectivity index (χ1v) is 20.7. The minimum Gasteiger partial charge on any atom is -0.488 e. The van der Waals surface area contributed by atoms with Crippen LogP contribution in [-0.2, 0) is 18.0 Å². The van der Waals surface area contributed by atoms with Gasteiger partial charge in [-0.2, -0.15) is 0 Å². The summed E-state index contributed by atoms with van der Waals surface area (Å²) in [6.07, 6.45) is 12.0. The second-order valence-corrected chi connectivity index (χ2v) is 15.3. The van der Waals surface area contributed by atoms with E-state index in [1.165, 1.54) is 17.3 Å². The molecule has 0 radical (unpaired) electrons. The number of allylic oxidation sites excluding steroid dienone is 4. The monoisotopic (exact) mass is 838 g/mol. The molecule has 2 aliphatic carbocycles. The fraction of sp³-hybridized carbons (Fsp3) is 0.200. The van der Waals surface area contributed by atoms with Gasteiger partial charge in [0.25, 0.3) is 0 Å². The first kappa shape index (κ1) is 41.9. The number of benzene rings is 4. The second kappa shape index (κ2) is 20.2. The van der Waals surface area contributed by atoms with Crippen molar-refractivity contribution in [3.8, 4) is 11.5 Å². The summed E-state index contributed by atoms with van der Waals surface area (Å²) in [5.41, 5.74) is 11.2. The lowest BCUT2D eigenvalue weighted by molar-refractivity contribution is 0.0525. The molecule has 4 aromatic carbocycles. The average molecular weight is 840 g/mol. The summed E-state index contributed by atoms with van der Waals surface area (Å²) in [5, 5.41) is 10.6. The van der Waals surface area contributed by atoms with Crippen molar-refractivity contribution >= 4 is 57.4 Å². The summed E-state index contributed by atoms with van der Waals surface area (Å²) in [4.78, 5) is 31.9. The Morgan fingerprint density at radius 1 is 0.583 bits per heavy atom. The summed E-state index contributed by atoms with van der Waals surface area (Å²) in [5.74, 6) is 0.243. The van der Waals surface area contributed by atoms with Crippen molar-refractivity contribution in [1.82, 2.24) is 9.97 Å². The number of hydrogen-bond donors (Lipinski definition) is 1. The van der Waals surface area contributed by atoms with Gasteiger partial charge < -0.3 is 19.3 Å². The highest BCUT2D eigenvalue weighted by Crippen LogP contribution is 2.45. The number of carbonyl (C=O) groups excluding carboxylic acids is 1. The van der Waals surface area contributed by atoms with Gasteiger partial charge >= 0.3 is 11.9 Å². The summed E-state index contributed by atoms with van der Waals surface area (Å²) < 4.78 is 17.5. The van der Waals surface area contributed by atoms with E-state index >= 15 is 0 Å². The van der Waals surface area contributed by atoms with E-state index in [9.17, 15) is 14.7 Å². The number of pyridine rings is 2. The van der Waals surface area contributed by atoms with Gasteiger partial charge in [0.05, 0.1) is 17.7 Å². The number of aromatic nitrogens is 2. The SMILES string of the molecule is CCOC(=O)c1cncc(C2=C(c3cc(Cl)ccc3OCc3ccccc3)CCC2)c1.O=C(O)c1cncc(C2=C(c3cc(Cl)ccc3OCc3ccccc3)CCC2)c1. The number of hydrogen-bond acceptors (Lipinski definition) is 7. The van der Waals surface area contributed by atoms with Crippen LogP contribution in [0.3, 0.4) is 0 Å². The van der Waals surface area contributed by atoms with Crippen LogP contribution in [0.15, 0.2) is 134 Å². The number of ether oxygens (including phenoxy) is 3. The van der Waals surface area contributed by atoms with Crippen molar-refractivity contribution in [3.63, 3.8) is 0 Å². The third-order valence-electron chi connectivity index (χ3n) is 10.4.